The molecule has 6 heteroatoms. The fraction of sp³-hybridized carbons (Fsp3) is 0.632. The van der Waals surface area contributed by atoms with Crippen LogP contribution in [0.1, 0.15) is 49.8 Å². The minimum absolute atomic E-state index is 0.102. The van der Waals surface area contributed by atoms with Crippen LogP contribution >= 0.6 is 0 Å². The van der Waals surface area contributed by atoms with Crippen LogP contribution in [0.15, 0.2) is 17.0 Å². The number of amides is 2. The predicted molar refractivity (Wildman–Crippen MR) is 103 cm³/mol. The summed E-state index contributed by atoms with van der Waals surface area (Å²) in [6, 6.07) is 3.58. The number of hydrogen-bond acceptors (Lipinski definition) is 3. The van der Waals surface area contributed by atoms with Gasteiger partial charge in [0.15, 0.2) is 11.0 Å². The summed E-state index contributed by atoms with van der Waals surface area (Å²) in [4.78, 5) is 15.3. The van der Waals surface area contributed by atoms with Crippen LogP contribution in [0.5, 0.6) is 0 Å². The number of nitrogens with zero attached hydrogens (tertiary/aromatic N) is 1. The molecule has 1 unspecified atom stereocenters. The molecular weight excluding hydrogens is 334 g/mol. The number of likely N-dealkylation sites (tertiary alicyclic amines) is 1. The zero-order valence-electron chi connectivity index (χ0n) is 16.1. The van der Waals surface area contributed by atoms with E-state index in [-0.39, 0.29) is 11.6 Å². The number of aryl methyl sites for hydroxylation is 3. The highest BCUT2D eigenvalue weighted by atomic mass is 32.2. The van der Waals surface area contributed by atoms with Gasteiger partial charge in [-0.2, -0.15) is 0 Å². The van der Waals surface area contributed by atoms with Crippen LogP contribution in [0.4, 0.5) is 4.79 Å². The molecule has 0 aliphatic carbocycles. The van der Waals surface area contributed by atoms with E-state index < -0.39 is 11.0 Å². The number of rotatable bonds is 5. The topological polar surface area (TPSA) is 61.4 Å². The van der Waals surface area contributed by atoms with Crippen LogP contribution in [0.2, 0.25) is 0 Å². The largest absolute Gasteiger partial charge is 0.336 e. The van der Waals surface area contributed by atoms with Crippen LogP contribution in [0, 0.1) is 20.8 Å². The minimum Gasteiger partial charge on any atom is -0.336 e. The van der Waals surface area contributed by atoms with Crippen molar-refractivity contribution in [3.63, 3.8) is 0 Å². The molecule has 2 amide bonds. The van der Waals surface area contributed by atoms with Crippen molar-refractivity contribution in [2.75, 3.05) is 19.6 Å². The molecule has 2 rings (SSSR count). The second-order valence-corrected chi connectivity index (χ2v) is 8.79. The summed E-state index contributed by atoms with van der Waals surface area (Å²) in [5, 5.41) is 2.89. The van der Waals surface area contributed by atoms with Crippen LogP contribution < -0.4 is 10.0 Å². The van der Waals surface area contributed by atoms with E-state index in [1.807, 2.05) is 32.9 Å². The standard InChI is InChI=1S/C19H31N3O2S/c1-14-11-15(2)17(16(3)12-14)25(24)21-18(23)20-13-19(4,5)22-9-7-6-8-10-22/h11-12H,6-10,13H2,1-5H3,(H2,20,21,23). The molecular formula is C19H31N3O2S. The first-order valence-corrected chi connectivity index (χ1v) is 10.1. The molecule has 1 fully saturated rings. The van der Waals surface area contributed by atoms with Gasteiger partial charge in [0, 0.05) is 12.1 Å². The molecule has 0 bridgehead atoms. The van der Waals surface area contributed by atoms with Gasteiger partial charge in [0.2, 0.25) is 0 Å². The zero-order valence-corrected chi connectivity index (χ0v) is 16.9. The van der Waals surface area contributed by atoms with E-state index >= 15 is 0 Å². The summed E-state index contributed by atoms with van der Waals surface area (Å²) in [6.07, 6.45) is 3.71. The quantitative estimate of drug-likeness (QED) is 0.842. The third-order valence-electron chi connectivity index (χ3n) is 4.87. The first-order valence-electron chi connectivity index (χ1n) is 9.00. The average Bonchev–Trinajstić information content (AvgIpc) is 2.53. The highest BCUT2D eigenvalue weighted by Crippen LogP contribution is 2.20. The lowest BCUT2D eigenvalue weighted by Gasteiger charge is -2.41. The van der Waals surface area contributed by atoms with Gasteiger partial charge in [-0.3, -0.25) is 9.62 Å². The van der Waals surface area contributed by atoms with Gasteiger partial charge in [0.25, 0.3) is 0 Å². The summed E-state index contributed by atoms with van der Waals surface area (Å²) in [5.41, 5.74) is 2.90. The van der Waals surface area contributed by atoms with Crippen molar-refractivity contribution >= 4 is 17.0 Å². The van der Waals surface area contributed by atoms with Gasteiger partial charge in [-0.1, -0.05) is 24.1 Å². The van der Waals surface area contributed by atoms with Gasteiger partial charge in [-0.05, 0) is 71.7 Å². The first kappa shape index (κ1) is 19.9. The molecule has 1 aromatic carbocycles. The Morgan fingerprint density at radius 2 is 1.68 bits per heavy atom. The fourth-order valence-corrected chi connectivity index (χ4v) is 4.58. The Morgan fingerprint density at radius 3 is 2.24 bits per heavy atom. The highest BCUT2D eigenvalue weighted by molar-refractivity contribution is 7.83. The Labute approximate surface area is 154 Å². The minimum atomic E-state index is -1.55. The summed E-state index contributed by atoms with van der Waals surface area (Å²) in [6.45, 7) is 12.8. The Kier molecular flexibility index (Phi) is 6.63. The van der Waals surface area contributed by atoms with Crippen LogP contribution in [0.25, 0.3) is 0 Å². The molecule has 0 aromatic heterocycles. The van der Waals surface area contributed by atoms with Crippen molar-refractivity contribution in [3.05, 3.63) is 28.8 Å². The van der Waals surface area contributed by atoms with E-state index in [0.717, 1.165) is 29.8 Å². The predicted octanol–water partition coefficient (Wildman–Crippen LogP) is 3.20. The van der Waals surface area contributed by atoms with E-state index in [1.54, 1.807) is 0 Å². The summed E-state index contributed by atoms with van der Waals surface area (Å²) < 4.78 is 15.1. The van der Waals surface area contributed by atoms with E-state index in [2.05, 4.69) is 28.8 Å². The number of hydrogen-bond donors (Lipinski definition) is 2. The molecule has 1 heterocycles. The molecule has 1 aliphatic rings. The molecule has 0 saturated carbocycles. The first-order chi connectivity index (χ1) is 11.7. The zero-order chi connectivity index (χ0) is 18.6. The Morgan fingerprint density at radius 1 is 1.12 bits per heavy atom. The molecule has 0 radical (unpaired) electrons. The summed E-state index contributed by atoms with van der Waals surface area (Å²) in [7, 11) is -1.55. The van der Waals surface area contributed by atoms with Crippen LogP contribution in [0.3, 0.4) is 0 Å². The molecule has 1 aromatic rings. The molecule has 0 spiro atoms. The van der Waals surface area contributed by atoms with E-state index in [4.69, 9.17) is 0 Å². The monoisotopic (exact) mass is 365 g/mol. The van der Waals surface area contributed by atoms with Crippen molar-refractivity contribution in [1.82, 2.24) is 14.9 Å². The Balaban J connectivity index is 1.93. The lowest BCUT2D eigenvalue weighted by atomic mass is 9.98. The average molecular weight is 366 g/mol. The fourth-order valence-electron chi connectivity index (χ4n) is 3.54. The molecule has 5 nitrogen and oxygen atoms in total. The maximum atomic E-state index is 12.6. The number of benzene rings is 1. The van der Waals surface area contributed by atoms with Crippen molar-refractivity contribution in [2.24, 2.45) is 0 Å². The van der Waals surface area contributed by atoms with Crippen molar-refractivity contribution in [3.8, 4) is 0 Å². The lowest BCUT2D eigenvalue weighted by molar-refractivity contribution is 0.0962. The second-order valence-electron chi connectivity index (χ2n) is 7.64. The van der Waals surface area contributed by atoms with Crippen molar-refractivity contribution in [2.45, 2.75) is 64.3 Å². The maximum Gasteiger partial charge on any atom is 0.326 e. The Hall–Kier alpha value is -1.40. The second kappa shape index (κ2) is 8.32. The van der Waals surface area contributed by atoms with Crippen molar-refractivity contribution in [1.29, 1.82) is 0 Å². The maximum absolute atomic E-state index is 12.6. The number of piperidine rings is 1. The Bertz CT molecular complexity index is 629. The van der Waals surface area contributed by atoms with Crippen molar-refractivity contribution < 1.29 is 9.00 Å². The van der Waals surface area contributed by atoms with Gasteiger partial charge < -0.3 is 5.32 Å². The molecule has 1 atom stereocenters. The van der Waals surface area contributed by atoms with Gasteiger partial charge in [0.1, 0.15) is 0 Å². The van der Waals surface area contributed by atoms with E-state index in [9.17, 15) is 9.00 Å². The summed E-state index contributed by atoms with van der Waals surface area (Å²) >= 11 is 0. The number of carbonyl (C=O) groups excluding carboxylic acids is 1. The summed E-state index contributed by atoms with van der Waals surface area (Å²) in [5.74, 6) is 0. The van der Waals surface area contributed by atoms with Gasteiger partial charge in [0.05, 0.1) is 4.90 Å². The molecule has 25 heavy (non-hydrogen) atoms. The number of carbonyl (C=O) groups is 1. The van der Waals surface area contributed by atoms with Gasteiger partial charge >= 0.3 is 6.03 Å². The third-order valence-corrected chi connectivity index (χ3v) is 6.25. The molecule has 2 N–H and O–H groups in total. The van der Waals surface area contributed by atoms with Crippen LogP contribution in [-0.4, -0.2) is 40.3 Å². The SMILES string of the molecule is Cc1cc(C)c(S(=O)NC(=O)NCC(C)(C)N2CCCCC2)c(C)c1. The normalized spacial score (nSPS) is 17.2. The number of nitrogens with one attached hydrogen (secondary N) is 2. The number of urea groups is 1. The van der Waals surface area contributed by atoms with Gasteiger partial charge in [-0.15, -0.1) is 0 Å². The third kappa shape index (κ3) is 5.28. The van der Waals surface area contributed by atoms with E-state index in [1.165, 1.54) is 19.3 Å². The smallest absolute Gasteiger partial charge is 0.326 e. The molecule has 1 aliphatic heterocycles. The molecule has 1 saturated heterocycles. The van der Waals surface area contributed by atoms with E-state index in [0.29, 0.717) is 11.4 Å². The molecule has 140 valence electrons. The lowest BCUT2D eigenvalue weighted by Crippen LogP contribution is -2.54. The van der Waals surface area contributed by atoms with Crippen LogP contribution in [-0.2, 0) is 11.0 Å². The highest BCUT2D eigenvalue weighted by Gasteiger charge is 2.28. The van der Waals surface area contributed by atoms with Gasteiger partial charge in [-0.25, -0.2) is 9.00 Å².